The lowest BCUT2D eigenvalue weighted by atomic mass is 9.95. The molecule has 0 bridgehead atoms. The molecule has 1 aliphatic heterocycles. The van der Waals surface area contributed by atoms with Gasteiger partial charge >= 0.3 is 0 Å². The molecular formula is C27H28N4O. The van der Waals surface area contributed by atoms with Gasteiger partial charge in [0.1, 0.15) is 0 Å². The smallest absolute Gasteiger partial charge is 0.227 e. The number of hydrogen-bond acceptors (Lipinski definition) is 3. The molecule has 0 saturated carbocycles. The lowest BCUT2D eigenvalue weighted by Gasteiger charge is -2.23. The van der Waals surface area contributed by atoms with Crippen molar-refractivity contribution in [3.63, 3.8) is 0 Å². The quantitative estimate of drug-likeness (QED) is 0.518. The van der Waals surface area contributed by atoms with Crippen molar-refractivity contribution in [2.75, 3.05) is 26.7 Å². The fraction of sp³-hybridized carbons (Fsp3) is 0.259. The Morgan fingerprint density at radius 1 is 1.03 bits per heavy atom. The minimum absolute atomic E-state index is 0.0585. The van der Waals surface area contributed by atoms with Crippen LogP contribution >= 0.6 is 0 Å². The van der Waals surface area contributed by atoms with Crippen LogP contribution in [0.3, 0.4) is 0 Å². The van der Waals surface area contributed by atoms with Crippen LogP contribution in [0.25, 0.3) is 22.0 Å². The summed E-state index contributed by atoms with van der Waals surface area (Å²) in [4.78, 5) is 25.1. The number of amides is 1. The molecule has 5 nitrogen and oxygen atoms in total. The number of para-hydroxylation sites is 1. The normalized spacial score (nSPS) is 17.6. The van der Waals surface area contributed by atoms with E-state index in [4.69, 9.17) is 0 Å². The van der Waals surface area contributed by atoms with Gasteiger partial charge in [0.25, 0.3) is 0 Å². The second kappa shape index (κ2) is 8.97. The molecule has 2 aromatic heterocycles. The predicted molar refractivity (Wildman–Crippen MR) is 128 cm³/mol. The van der Waals surface area contributed by atoms with Crippen LogP contribution in [0.1, 0.15) is 11.1 Å². The minimum atomic E-state index is -0.0585. The number of fused-ring (bicyclic) bond motifs is 1. The molecule has 4 aromatic rings. The fourth-order valence-electron chi connectivity index (χ4n) is 4.69. The van der Waals surface area contributed by atoms with Crippen LogP contribution in [-0.2, 0) is 17.8 Å². The van der Waals surface area contributed by atoms with Crippen molar-refractivity contribution in [1.29, 1.82) is 0 Å². The van der Waals surface area contributed by atoms with E-state index >= 15 is 0 Å². The van der Waals surface area contributed by atoms with Crippen molar-refractivity contribution in [3.05, 3.63) is 90.4 Å². The summed E-state index contributed by atoms with van der Waals surface area (Å²) in [5, 5.41) is 1.26. The third kappa shape index (κ3) is 4.30. The van der Waals surface area contributed by atoms with Gasteiger partial charge in [-0.1, -0.05) is 48.5 Å². The summed E-state index contributed by atoms with van der Waals surface area (Å²) in [7, 11) is 1.93. The number of nitrogens with zero attached hydrogens (tertiary/aromatic N) is 3. The third-order valence-corrected chi connectivity index (χ3v) is 6.43. The summed E-state index contributed by atoms with van der Waals surface area (Å²) in [5.74, 6) is 0.176. The minimum Gasteiger partial charge on any atom is -0.361 e. The summed E-state index contributed by atoms with van der Waals surface area (Å²) in [6.45, 7) is 3.25. The van der Waals surface area contributed by atoms with Gasteiger partial charge in [-0.3, -0.25) is 14.7 Å². The maximum Gasteiger partial charge on any atom is 0.227 e. The molecule has 5 heteroatoms. The number of rotatable bonds is 5. The molecule has 3 heterocycles. The molecule has 1 unspecified atom stereocenters. The Morgan fingerprint density at radius 3 is 2.78 bits per heavy atom. The summed E-state index contributed by atoms with van der Waals surface area (Å²) in [6.07, 6.45) is 6.51. The molecule has 2 aromatic carbocycles. The van der Waals surface area contributed by atoms with Gasteiger partial charge in [-0.05, 0) is 40.8 Å². The Balaban J connectivity index is 1.36. The van der Waals surface area contributed by atoms with Crippen LogP contribution in [0.5, 0.6) is 0 Å². The number of aromatic nitrogens is 2. The molecule has 162 valence electrons. The number of likely N-dealkylation sites (N-methyl/N-ethyl adjacent to an activating group) is 1. The first kappa shape index (κ1) is 20.5. The molecule has 5 rings (SSSR count). The molecule has 0 spiro atoms. The van der Waals surface area contributed by atoms with Gasteiger partial charge in [-0.2, -0.15) is 0 Å². The lowest BCUT2D eigenvalue weighted by Crippen LogP contribution is -2.34. The average molecular weight is 425 g/mol. The Bertz CT molecular complexity index is 1220. The van der Waals surface area contributed by atoms with Crippen LogP contribution < -0.4 is 0 Å². The Hall–Kier alpha value is -3.44. The van der Waals surface area contributed by atoms with Crippen molar-refractivity contribution in [1.82, 2.24) is 19.8 Å². The van der Waals surface area contributed by atoms with Crippen LogP contribution in [0.2, 0.25) is 0 Å². The zero-order chi connectivity index (χ0) is 21.9. The van der Waals surface area contributed by atoms with Gasteiger partial charge < -0.3 is 9.88 Å². The molecule has 0 radical (unpaired) electrons. The summed E-state index contributed by atoms with van der Waals surface area (Å²) >= 11 is 0. The standard InChI is InChI=1S/C27H28N4O/c1-30-12-13-31(19-24-17-29-26-10-3-2-9-25(24)26)18-23(27(30)32)15-20-6-4-7-21(14-20)22-8-5-11-28-16-22/h2-11,14,16-17,23,29H,12-13,15,18-19H2,1H3. The first-order chi connectivity index (χ1) is 15.7. The fourth-order valence-corrected chi connectivity index (χ4v) is 4.69. The van der Waals surface area contributed by atoms with E-state index in [1.807, 2.05) is 24.2 Å². The van der Waals surface area contributed by atoms with E-state index in [1.54, 1.807) is 6.20 Å². The van der Waals surface area contributed by atoms with Crippen LogP contribution in [0.15, 0.2) is 79.3 Å². The van der Waals surface area contributed by atoms with Gasteiger partial charge in [-0.25, -0.2) is 0 Å². The first-order valence-corrected chi connectivity index (χ1v) is 11.2. The zero-order valence-electron chi connectivity index (χ0n) is 18.4. The monoisotopic (exact) mass is 424 g/mol. The Morgan fingerprint density at radius 2 is 1.91 bits per heavy atom. The second-order valence-electron chi connectivity index (χ2n) is 8.70. The predicted octanol–water partition coefficient (Wildman–Crippen LogP) is 4.36. The van der Waals surface area contributed by atoms with Gasteiger partial charge in [0.05, 0.1) is 5.92 Å². The zero-order valence-corrected chi connectivity index (χ0v) is 18.4. The molecule has 1 N–H and O–H groups in total. The number of hydrogen-bond donors (Lipinski definition) is 1. The number of carbonyl (C=O) groups is 1. The number of nitrogens with one attached hydrogen (secondary N) is 1. The van der Waals surface area contributed by atoms with Crippen LogP contribution in [-0.4, -0.2) is 52.4 Å². The number of H-pyrrole nitrogens is 1. The van der Waals surface area contributed by atoms with Crippen molar-refractivity contribution < 1.29 is 4.79 Å². The molecule has 1 fully saturated rings. The topological polar surface area (TPSA) is 52.2 Å². The van der Waals surface area contributed by atoms with E-state index in [1.165, 1.54) is 16.5 Å². The van der Waals surface area contributed by atoms with E-state index in [0.717, 1.165) is 49.2 Å². The van der Waals surface area contributed by atoms with E-state index in [0.29, 0.717) is 0 Å². The largest absolute Gasteiger partial charge is 0.361 e. The summed E-state index contributed by atoms with van der Waals surface area (Å²) in [6, 6.07) is 20.9. The van der Waals surface area contributed by atoms with E-state index < -0.39 is 0 Å². The molecule has 1 saturated heterocycles. The molecule has 32 heavy (non-hydrogen) atoms. The van der Waals surface area contributed by atoms with Crippen molar-refractivity contribution in [2.24, 2.45) is 5.92 Å². The van der Waals surface area contributed by atoms with E-state index in [-0.39, 0.29) is 11.8 Å². The second-order valence-corrected chi connectivity index (χ2v) is 8.70. The average Bonchev–Trinajstić information content (AvgIpc) is 3.19. The highest BCUT2D eigenvalue weighted by Crippen LogP contribution is 2.24. The lowest BCUT2D eigenvalue weighted by molar-refractivity contribution is -0.133. The molecule has 1 atom stereocenters. The number of benzene rings is 2. The number of aromatic amines is 1. The van der Waals surface area contributed by atoms with Gasteiger partial charge in [-0.15, -0.1) is 0 Å². The van der Waals surface area contributed by atoms with Gasteiger partial charge in [0.15, 0.2) is 0 Å². The molecule has 1 amide bonds. The highest BCUT2D eigenvalue weighted by Gasteiger charge is 2.29. The highest BCUT2D eigenvalue weighted by molar-refractivity contribution is 5.83. The van der Waals surface area contributed by atoms with Crippen molar-refractivity contribution in [3.8, 4) is 11.1 Å². The van der Waals surface area contributed by atoms with Crippen molar-refractivity contribution >= 4 is 16.8 Å². The first-order valence-electron chi connectivity index (χ1n) is 11.2. The Kier molecular flexibility index (Phi) is 5.73. The maximum absolute atomic E-state index is 13.1. The highest BCUT2D eigenvalue weighted by atomic mass is 16.2. The van der Waals surface area contributed by atoms with E-state index in [9.17, 15) is 4.79 Å². The Labute approximate surface area is 188 Å². The van der Waals surface area contributed by atoms with Crippen molar-refractivity contribution in [2.45, 2.75) is 13.0 Å². The molecule has 1 aliphatic rings. The van der Waals surface area contributed by atoms with Crippen LogP contribution in [0.4, 0.5) is 0 Å². The van der Waals surface area contributed by atoms with E-state index in [2.05, 4.69) is 75.7 Å². The van der Waals surface area contributed by atoms with Crippen LogP contribution in [0, 0.1) is 5.92 Å². The number of pyridine rings is 1. The van der Waals surface area contributed by atoms with Gasteiger partial charge in [0, 0.05) is 62.7 Å². The maximum atomic E-state index is 13.1. The SMILES string of the molecule is CN1CCN(Cc2c[nH]c3ccccc23)CC(Cc2cccc(-c3cccnc3)c2)C1=O. The third-order valence-electron chi connectivity index (χ3n) is 6.43. The summed E-state index contributed by atoms with van der Waals surface area (Å²) < 4.78 is 0. The summed E-state index contributed by atoms with van der Waals surface area (Å²) in [5.41, 5.74) is 5.87. The molecule has 0 aliphatic carbocycles. The van der Waals surface area contributed by atoms with Gasteiger partial charge in [0.2, 0.25) is 5.91 Å². The number of carbonyl (C=O) groups excluding carboxylic acids is 1. The molecular weight excluding hydrogens is 396 g/mol.